The summed E-state index contributed by atoms with van der Waals surface area (Å²) in [5.41, 5.74) is 38.7. The highest BCUT2D eigenvalue weighted by Crippen LogP contribution is 2.14. The van der Waals surface area contributed by atoms with E-state index in [2.05, 4.69) is 62.8 Å². The number of unbranched alkanes of at least 4 members (excludes halogenated alkanes) is 1. The third-order valence-corrected chi connectivity index (χ3v) is 12.8. The topological polar surface area (TPSA) is 634 Å². The monoisotopic (exact) mass is 1230 g/mol. The largest absolute Gasteiger partial charge is 0.508 e. The van der Waals surface area contributed by atoms with Crippen molar-refractivity contribution in [3.63, 3.8) is 0 Å². The van der Waals surface area contributed by atoms with Gasteiger partial charge >= 0.3 is 5.97 Å². The van der Waals surface area contributed by atoms with Gasteiger partial charge in [0.2, 0.25) is 70.9 Å². The molecule has 28 N–H and O–H groups in total. The van der Waals surface area contributed by atoms with Gasteiger partial charge in [0.05, 0.1) is 38.4 Å². The number of hydrogen-bond acceptors (Lipinski definition) is 20. The van der Waals surface area contributed by atoms with E-state index in [4.69, 9.17) is 40.1 Å². The Morgan fingerprint density at radius 1 is 0.540 bits per heavy atom. The fourth-order valence-electron chi connectivity index (χ4n) is 8.03. The average molecular weight is 1230 g/mol. The van der Waals surface area contributed by atoms with Crippen molar-refractivity contribution in [3.05, 3.63) is 48.0 Å². The summed E-state index contributed by atoms with van der Waals surface area (Å²) in [6.45, 7) is 0.994. The number of imidazole rings is 1. The second-order valence-corrected chi connectivity index (χ2v) is 20.3. The number of aromatic amines is 1. The van der Waals surface area contributed by atoms with Crippen LogP contribution in [0.15, 0.2) is 41.8 Å². The predicted molar refractivity (Wildman–Crippen MR) is 305 cm³/mol. The van der Waals surface area contributed by atoms with Gasteiger partial charge in [0.1, 0.15) is 60.1 Å². The van der Waals surface area contributed by atoms with Crippen LogP contribution in [0.3, 0.4) is 0 Å². The third kappa shape index (κ3) is 27.4. The molecule has 0 saturated heterocycles. The van der Waals surface area contributed by atoms with Gasteiger partial charge in [-0.2, -0.15) is 0 Å². The van der Waals surface area contributed by atoms with Crippen LogP contribution in [0.2, 0.25) is 0 Å². The number of aromatic hydroxyl groups is 1. The number of hydrogen-bond donors (Lipinski definition) is 21. The molecule has 36 heteroatoms. The number of aliphatic imine (C=N–C) groups is 1. The van der Waals surface area contributed by atoms with Gasteiger partial charge in [-0.25, -0.2) is 9.78 Å². The quantitative estimate of drug-likeness (QED) is 0.0167. The van der Waals surface area contributed by atoms with Crippen molar-refractivity contribution < 1.29 is 82.8 Å². The van der Waals surface area contributed by atoms with Gasteiger partial charge < -0.3 is 113 Å². The Kier molecular flexibility index (Phi) is 31.9. The molecular formula is C51H81N19O17. The fraction of sp³-hybridized carbons (Fsp3) is 0.549. The first-order valence-corrected chi connectivity index (χ1v) is 27.3. The molecule has 10 atom stereocenters. The van der Waals surface area contributed by atoms with Crippen LogP contribution in [0.5, 0.6) is 5.75 Å². The minimum Gasteiger partial charge on any atom is -0.508 e. The number of carbonyl (C=O) groups is 13. The number of primary amides is 3. The first kappa shape index (κ1) is 73.6. The number of phenols is 1. The number of H-pyrrole nitrogens is 1. The van der Waals surface area contributed by atoms with E-state index in [9.17, 15) is 82.8 Å². The highest BCUT2D eigenvalue weighted by molar-refractivity contribution is 6.00. The summed E-state index contributed by atoms with van der Waals surface area (Å²) in [7, 11) is 0. The van der Waals surface area contributed by atoms with Crippen LogP contribution in [-0.4, -0.2) is 200 Å². The summed E-state index contributed by atoms with van der Waals surface area (Å²) < 4.78 is 0. The first-order chi connectivity index (χ1) is 41.0. The van der Waals surface area contributed by atoms with E-state index >= 15 is 0 Å². The smallest absolute Gasteiger partial charge is 0.326 e. The number of phenolic OH excluding ortho intramolecular Hbond substituents is 1. The number of nitrogens with one attached hydrogen (secondary N) is 10. The SMILES string of the molecule is CC(C)[C@H](NC(=O)[C@H](CO)NC(=O)[C@H](CC(N)=O)NC(=O)[C@@H](N)CCCCN)C(=O)N[C@@H](Cc1cnc[nH]1)C(=O)N[C@@H](CCCN=C(N)N)C(=O)N[C@@H](Cc1ccc(O)cc1)C(=O)N[C@@H](CO)C(=O)N[C@@H](CC(N)=O)C(=O)N[C@@H](CCC(N)=O)C(=O)O. The molecule has 0 fully saturated rings. The minimum atomic E-state index is -1.96. The summed E-state index contributed by atoms with van der Waals surface area (Å²) in [6.07, 6.45) is 0.126. The van der Waals surface area contributed by atoms with Crippen LogP contribution >= 0.6 is 0 Å². The Balaban J connectivity index is 2.51. The zero-order valence-corrected chi connectivity index (χ0v) is 48.0. The van der Waals surface area contributed by atoms with Crippen LogP contribution in [0.4, 0.5) is 0 Å². The molecule has 1 aromatic carbocycles. The number of aliphatic hydroxyl groups excluding tert-OH is 2. The number of guanidine groups is 1. The Morgan fingerprint density at radius 2 is 1.00 bits per heavy atom. The maximum Gasteiger partial charge on any atom is 0.326 e. The molecule has 12 amide bonds. The average Bonchev–Trinajstić information content (AvgIpc) is 3.54. The molecule has 0 saturated carbocycles. The molecule has 0 radical (unpaired) electrons. The summed E-state index contributed by atoms with van der Waals surface area (Å²) in [5.74, 6) is -15.9. The van der Waals surface area contributed by atoms with Gasteiger partial charge in [-0.3, -0.25) is 62.5 Å². The molecule has 1 heterocycles. The molecular weight excluding hydrogens is 1150 g/mol. The summed E-state index contributed by atoms with van der Waals surface area (Å²) in [4.78, 5) is 182. The highest BCUT2D eigenvalue weighted by Gasteiger charge is 2.37. The molecule has 87 heavy (non-hydrogen) atoms. The number of carboxylic acid groups (broad SMARTS) is 1. The molecule has 2 rings (SSSR count). The van der Waals surface area contributed by atoms with Crippen LogP contribution in [0.1, 0.15) is 82.9 Å². The number of carboxylic acids is 1. The molecule has 0 unspecified atom stereocenters. The van der Waals surface area contributed by atoms with Crippen LogP contribution < -0.4 is 88.0 Å². The maximum absolute atomic E-state index is 14.5. The molecule has 0 aliphatic rings. The second-order valence-electron chi connectivity index (χ2n) is 20.3. The van der Waals surface area contributed by atoms with Gasteiger partial charge in [-0.15, -0.1) is 0 Å². The van der Waals surface area contributed by atoms with Gasteiger partial charge in [0.15, 0.2) is 5.96 Å². The van der Waals surface area contributed by atoms with Gasteiger partial charge in [-0.1, -0.05) is 32.4 Å². The van der Waals surface area contributed by atoms with Crippen molar-refractivity contribution in [1.82, 2.24) is 57.8 Å². The molecule has 1 aromatic heterocycles. The molecule has 0 aliphatic heterocycles. The normalized spacial score (nSPS) is 14.4. The summed E-state index contributed by atoms with van der Waals surface area (Å²) in [6, 6.07) is -11.4. The standard InChI is InChI=1S/C51H81N19O17/c1-24(2)40(70-48(84)36(22-72)69-46(82)33(18-38(55)75)64-41(77)28(53)6-3-4-14-52)49(85)67-32(17-26-20-59-23-61-26)44(80)62-29(7-5-15-60-51(57)58)42(78)65-31(16-25-8-10-27(73)11-9-25)43(79)68-35(21-71)47(83)66-34(19-39(56)76)45(81)63-30(50(86)87)12-13-37(54)74/h8-11,20,23-24,28-36,40,71-73H,3-7,12-19,21-22,52-53H2,1-2H3,(H2,54,74)(H2,55,75)(H2,56,76)(H,59,61)(H,62,80)(H,63,81)(H,64,77)(H,65,78)(H,66,83)(H,67,85)(H,68,79)(H,69,82)(H,70,84)(H,86,87)(H4,57,58,60)/t28-,29-,30-,31-,32-,33-,34-,35-,36-,40-/m0/s1. The zero-order valence-electron chi connectivity index (χ0n) is 48.0. The number of nitrogens with zero attached hydrogens (tertiary/aromatic N) is 2. The third-order valence-electron chi connectivity index (χ3n) is 12.8. The van der Waals surface area contributed by atoms with Crippen LogP contribution in [-0.2, 0) is 75.2 Å². The van der Waals surface area contributed by atoms with E-state index in [1.165, 1.54) is 50.6 Å². The van der Waals surface area contributed by atoms with E-state index in [1.54, 1.807) is 0 Å². The van der Waals surface area contributed by atoms with Crippen molar-refractivity contribution in [2.75, 3.05) is 26.3 Å². The Morgan fingerprint density at radius 3 is 1.48 bits per heavy atom. The number of benzene rings is 1. The highest BCUT2D eigenvalue weighted by atomic mass is 16.4. The van der Waals surface area contributed by atoms with E-state index in [1.807, 2.05) is 0 Å². The van der Waals surface area contributed by atoms with Crippen molar-refractivity contribution in [2.24, 2.45) is 51.0 Å². The first-order valence-electron chi connectivity index (χ1n) is 27.3. The van der Waals surface area contributed by atoms with Crippen molar-refractivity contribution in [2.45, 2.75) is 145 Å². The molecule has 0 spiro atoms. The lowest BCUT2D eigenvalue weighted by atomic mass is 10.0. The number of nitrogens with two attached hydrogens (primary N) is 7. The van der Waals surface area contributed by atoms with E-state index in [0.29, 0.717) is 24.9 Å². The number of aliphatic hydroxyl groups is 2. The number of rotatable bonds is 41. The number of aromatic nitrogens is 2. The van der Waals surface area contributed by atoms with Crippen molar-refractivity contribution in [3.8, 4) is 5.75 Å². The summed E-state index contributed by atoms with van der Waals surface area (Å²) in [5, 5.41) is 61.1. The Bertz CT molecular complexity index is 2710. The molecule has 36 nitrogen and oxygen atoms in total. The predicted octanol–water partition coefficient (Wildman–Crippen LogP) is -9.48. The lowest BCUT2D eigenvalue weighted by molar-refractivity contribution is -0.143. The number of aliphatic carboxylic acids is 1. The van der Waals surface area contributed by atoms with Gasteiger partial charge in [0, 0.05) is 37.7 Å². The van der Waals surface area contributed by atoms with E-state index in [0.717, 1.165) is 0 Å². The number of carbonyl (C=O) groups excluding carboxylic acids is 12. The molecule has 2 aromatic rings. The fourth-order valence-corrected chi connectivity index (χ4v) is 8.03. The van der Waals surface area contributed by atoms with Gasteiger partial charge in [-0.05, 0) is 62.3 Å². The minimum absolute atomic E-state index is 0.0176. The molecule has 0 aliphatic carbocycles. The summed E-state index contributed by atoms with van der Waals surface area (Å²) >= 11 is 0. The van der Waals surface area contributed by atoms with E-state index < -0.39 is 189 Å². The van der Waals surface area contributed by atoms with Gasteiger partial charge in [0.25, 0.3) is 0 Å². The lowest BCUT2D eigenvalue weighted by Crippen LogP contribution is -2.62. The van der Waals surface area contributed by atoms with Crippen molar-refractivity contribution in [1.29, 1.82) is 0 Å². The lowest BCUT2D eigenvalue weighted by Gasteiger charge is -2.29. The Labute approximate surface area is 498 Å². The second kappa shape index (κ2) is 37.7. The van der Waals surface area contributed by atoms with Crippen molar-refractivity contribution >= 4 is 82.8 Å². The maximum atomic E-state index is 14.5. The van der Waals surface area contributed by atoms with E-state index in [-0.39, 0.29) is 49.6 Å². The molecule has 482 valence electrons. The zero-order chi connectivity index (χ0) is 65.5. The number of amides is 12. The Hall–Kier alpha value is -9.55. The van der Waals surface area contributed by atoms with Crippen LogP contribution in [0, 0.1) is 5.92 Å². The molecule has 0 bridgehead atoms. The van der Waals surface area contributed by atoms with Crippen LogP contribution in [0.25, 0.3) is 0 Å².